The number of hydrogen-bond donors (Lipinski definition) is 1. The summed E-state index contributed by atoms with van der Waals surface area (Å²) in [6.07, 6.45) is -3.04. The molecule has 1 amide bonds. The SMILES string of the molecule is CCc1cc(C(F)(F)F)n2nc([C@H]3CCCN3C(=O)c3cc(C)c(C)[nH]c3=O)cc2n1. The molecule has 0 aromatic carbocycles. The molecule has 0 radical (unpaired) electrons. The molecule has 0 bridgehead atoms. The smallest absolute Gasteiger partial charge is 0.330 e. The standard InChI is InChI=1S/C21H22F3N5O2/c1-4-13-9-17(21(22,23)24)29-18(26-13)10-15(27-29)16-6-5-7-28(16)20(31)14-8-11(2)12(3)25-19(14)30/h8-10,16H,4-7H2,1-3H3,(H,25,30)/t16-/m1/s1. The maximum atomic E-state index is 13.6. The van der Waals surface area contributed by atoms with Gasteiger partial charge >= 0.3 is 6.18 Å². The maximum absolute atomic E-state index is 13.6. The largest absolute Gasteiger partial charge is 0.433 e. The number of hydrogen-bond acceptors (Lipinski definition) is 4. The van der Waals surface area contributed by atoms with Crippen LogP contribution in [0.3, 0.4) is 0 Å². The average molecular weight is 433 g/mol. The Morgan fingerprint density at radius 1 is 1.26 bits per heavy atom. The summed E-state index contributed by atoms with van der Waals surface area (Å²) in [4.78, 5) is 33.9. The summed E-state index contributed by atoms with van der Waals surface area (Å²) in [6.45, 7) is 5.66. The van der Waals surface area contributed by atoms with Crippen LogP contribution in [0.1, 0.15) is 64.5 Å². The van der Waals surface area contributed by atoms with E-state index in [1.807, 2.05) is 0 Å². The van der Waals surface area contributed by atoms with Gasteiger partial charge in [-0.1, -0.05) is 6.92 Å². The number of aromatic nitrogens is 4. The molecular weight excluding hydrogens is 411 g/mol. The molecule has 7 nitrogen and oxygen atoms in total. The Kier molecular flexibility index (Phi) is 5.10. The first-order chi connectivity index (χ1) is 14.6. The molecule has 4 heterocycles. The highest BCUT2D eigenvalue weighted by Crippen LogP contribution is 2.35. The van der Waals surface area contributed by atoms with Crippen LogP contribution in [0.2, 0.25) is 0 Å². The Hall–Kier alpha value is -3.17. The van der Waals surface area contributed by atoms with Gasteiger partial charge in [0.2, 0.25) is 0 Å². The molecule has 1 aliphatic rings. The van der Waals surface area contributed by atoms with Gasteiger partial charge in [0, 0.05) is 24.0 Å². The summed E-state index contributed by atoms with van der Waals surface area (Å²) in [5, 5.41) is 4.17. The number of nitrogens with one attached hydrogen (secondary N) is 1. The predicted octanol–water partition coefficient (Wildman–Crippen LogP) is 3.59. The van der Waals surface area contributed by atoms with Gasteiger partial charge in [0.05, 0.1) is 11.7 Å². The van der Waals surface area contributed by atoms with Crippen LogP contribution in [0.4, 0.5) is 13.2 Å². The number of pyridine rings is 1. The molecule has 3 aromatic rings. The minimum absolute atomic E-state index is 0.0149. The Bertz CT molecular complexity index is 1230. The van der Waals surface area contributed by atoms with Crippen molar-refractivity contribution in [3.8, 4) is 0 Å². The van der Waals surface area contributed by atoms with Crippen molar-refractivity contribution in [1.29, 1.82) is 0 Å². The number of nitrogens with zero attached hydrogens (tertiary/aromatic N) is 4. The van der Waals surface area contributed by atoms with Gasteiger partial charge in [-0.05, 0) is 50.8 Å². The van der Waals surface area contributed by atoms with Crippen LogP contribution in [0.15, 0.2) is 23.0 Å². The molecule has 0 unspecified atom stereocenters. The first kappa shape index (κ1) is 21.1. The minimum atomic E-state index is -4.59. The molecule has 31 heavy (non-hydrogen) atoms. The second-order valence-electron chi connectivity index (χ2n) is 7.80. The summed E-state index contributed by atoms with van der Waals surface area (Å²) in [5.74, 6) is -0.456. The van der Waals surface area contributed by atoms with Gasteiger partial charge < -0.3 is 9.88 Å². The Labute approximate surface area is 175 Å². The number of rotatable bonds is 3. The fraction of sp³-hybridized carbons (Fsp3) is 0.429. The third-order valence-corrected chi connectivity index (χ3v) is 5.74. The number of carbonyl (C=O) groups is 1. The second kappa shape index (κ2) is 7.51. The van der Waals surface area contributed by atoms with Crippen molar-refractivity contribution in [2.24, 2.45) is 0 Å². The number of H-pyrrole nitrogens is 1. The summed E-state index contributed by atoms with van der Waals surface area (Å²) in [5.41, 5.74) is 0.815. The summed E-state index contributed by atoms with van der Waals surface area (Å²) >= 11 is 0. The fourth-order valence-electron chi connectivity index (χ4n) is 3.95. The molecule has 10 heteroatoms. The van der Waals surface area contributed by atoms with Gasteiger partial charge in [-0.25, -0.2) is 9.50 Å². The van der Waals surface area contributed by atoms with E-state index >= 15 is 0 Å². The van der Waals surface area contributed by atoms with Gasteiger partial charge in [0.1, 0.15) is 11.3 Å². The summed E-state index contributed by atoms with van der Waals surface area (Å²) < 4.78 is 41.5. The lowest BCUT2D eigenvalue weighted by Gasteiger charge is -2.23. The molecular formula is C21H22F3N5O2. The van der Waals surface area contributed by atoms with E-state index in [0.29, 0.717) is 42.9 Å². The van der Waals surface area contributed by atoms with Crippen molar-refractivity contribution in [2.45, 2.75) is 52.3 Å². The number of fused-ring (bicyclic) bond motifs is 1. The normalized spacial score (nSPS) is 17.0. The minimum Gasteiger partial charge on any atom is -0.330 e. The molecule has 4 rings (SSSR count). The van der Waals surface area contributed by atoms with Crippen LogP contribution >= 0.6 is 0 Å². The highest BCUT2D eigenvalue weighted by molar-refractivity contribution is 5.94. The highest BCUT2D eigenvalue weighted by Gasteiger charge is 2.37. The summed E-state index contributed by atoms with van der Waals surface area (Å²) in [6, 6.07) is 3.51. The van der Waals surface area contributed by atoms with Crippen molar-refractivity contribution < 1.29 is 18.0 Å². The number of alkyl halides is 3. The van der Waals surface area contributed by atoms with Crippen molar-refractivity contribution in [3.63, 3.8) is 0 Å². The monoisotopic (exact) mass is 433 g/mol. The molecule has 1 fully saturated rings. The number of aryl methyl sites for hydroxylation is 3. The quantitative estimate of drug-likeness (QED) is 0.684. The number of likely N-dealkylation sites (tertiary alicyclic amines) is 1. The third-order valence-electron chi connectivity index (χ3n) is 5.74. The van der Waals surface area contributed by atoms with E-state index in [4.69, 9.17) is 0 Å². The van der Waals surface area contributed by atoms with Gasteiger partial charge in [0.25, 0.3) is 11.5 Å². The van der Waals surface area contributed by atoms with Crippen LogP contribution in [0.25, 0.3) is 5.65 Å². The van der Waals surface area contributed by atoms with Gasteiger partial charge in [-0.15, -0.1) is 0 Å². The number of carbonyl (C=O) groups excluding carboxylic acids is 1. The van der Waals surface area contributed by atoms with E-state index in [1.165, 1.54) is 11.0 Å². The van der Waals surface area contributed by atoms with Crippen molar-refractivity contribution in [1.82, 2.24) is 24.5 Å². The zero-order valence-electron chi connectivity index (χ0n) is 17.4. The van der Waals surface area contributed by atoms with Crippen molar-refractivity contribution in [3.05, 3.63) is 62.5 Å². The zero-order chi connectivity index (χ0) is 22.5. The van der Waals surface area contributed by atoms with E-state index in [0.717, 1.165) is 16.1 Å². The molecule has 0 spiro atoms. The summed E-state index contributed by atoms with van der Waals surface area (Å²) in [7, 11) is 0. The molecule has 1 N–H and O–H groups in total. The molecule has 0 saturated carbocycles. The van der Waals surface area contributed by atoms with Gasteiger partial charge in [-0.3, -0.25) is 9.59 Å². The fourth-order valence-corrected chi connectivity index (χ4v) is 3.95. The highest BCUT2D eigenvalue weighted by atomic mass is 19.4. The van der Waals surface area contributed by atoms with Gasteiger partial charge in [-0.2, -0.15) is 18.3 Å². The second-order valence-corrected chi connectivity index (χ2v) is 7.80. The van der Waals surface area contributed by atoms with Crippen LogP contribution in [0, 0.1) is 13.8 Å². The number of aromatic amines is 1. The lowest BCUT2D eigenvalue weighted by molar-refractivity contribution is -0.142. The first-order valence-corrected chi connectivity index (χ1v) is 10.1. The molecule has 1 saturated heterocycles. The number of amides is 1. The van der Waals surface area contributed by atoms with Crippen LogP contribution in [-0.2, 0) is 12.6 Å². The van der Waals surface area contributed by atoms with E-state index in [2.05, 4.69) is 15.1 Å². The topological polar surface area (TPSA) is 83.4 Å². The van der Waals surface area contributed by atoms with E-state index < -0.39 is 29.4 Å². The lowest BCUT2D eigenvalue weighted by Crippen LogP contribution is -2.35. The molecule has 3 aromatic heterocycles. The van der Waals surface area contributed by atoms with Crippen molar-refractivity contribution in [2.75, 3.05) is 6.54 Å². The van der Waals surface area contributed by atoms with Crippen LogP contribution in [0.5, 0.6) is 0 Å². The maximum Gasteiger partial charge on any atom is 0.433 e. The third kappa shape index (κ3) is 3.70. The molecule has 164 valence electrons. The zero-order valence-corrected chi connectivity index (χ0v) is 17.4. The average Bonchev–Trinajstić information content (AvgIpc) is 3.35. The van der Waals surface area contributed by atoms with Crippen molar-refractivity contribution >= 4 is 11.6 Å². The van der Waals surface area contributed by atoms with E-state index in [9.17, 15) is 22.8 Å². The van der Waals surface area contributed by atoms with E-state index in [1.54, 1.807) is 26.8 Å². The predicted molar refractivity (Wildman–Crippen MR) is 107 cm³/mol. The first-order valence-electron chi connectivity index (χ1n) is 10.1. The lowest BCUT2D eigenvalue weighted by atomic mass is 10.1. The molecule has 0 aliphatic carbocycles. The van der Waals surface area contributed by atoms with E-state index in [-0.39, 0.29) is 11.2 Å². The Morgan fingerprint density at radius 2 is 2.00 bits per heavy atom. The van der Waals surface area contributed by atoms with Gasteiger partial charge in [0.15, 0.2) is 5.65 Å². The van der Waals surface area contributed by atoms with Crippen LogP contribution in [-0.4, -0.2) is 36.9 Å². The van der Waals surface area contributed by atoms with Crippen LogP contribution < -0.4 is 5.56 Å². The Balaban J connectivity index is 1.76. The Morgan fingerprint density at radius 3 is 2.68 bits per heavy atom. The number of halogens is 3. The molecule has 1 aliphatic heterocycles. The molecule has 1 atom stereocenters.